The number of ether oxygens (including phenoxy) is 1. The van der Waals surface area contributed by atoms with E-state index in [1.807, 2.05) is 0 Å². The Morgan fingerprint density at radius 1 is 1.00 bits per heavy atom. The molecule has 4 aliphatic rings. The van der Waals surface area contributed by atoms with Gasteiger partial charge < -0.3 is 14.9 Å². The first kappa shape index (κ1) is 12.5. The van der Waals surface area contributed by atoms with Crippen molar-refractivity contribution >= 4 is 16.8 Å². The molecule has 6 rings (SSSR count). The van der Waals surface area contributed by atoms with Crippen molar-refractivity contribution in [1.82, 2.24) is 0 Å². The van der Waals surface area contributed by atoms with Gasteiger partial charge >= 0.3 is 0 Å². The summed E-state index contributed by atoms with van der Waals surface area (Å²) in [5.41, 5.74) is 4.80. The van der Waals surface area contributed by atoms with Crippen LogP contribution >= 0.6 is 0 Å². The standard InChI is InChI=1S/C20H16O3/c21-17-13-8-11-5-4-9-2-1-3-10-6-7-12(15(11)14(9)10)16(13)19-20(23-19)18(17)22/h1-8,11,16-22H. The summed E-state index contributed by atoms with van der Waals surface area (Å²) >= 11 is 0. The molecule has 0 radical (unpaired) electrons. The normalized spacial score (nSPS) is 38.8. The Kier molecular flexibility index (Phi) is 2.13. The SMILES string of the molecule is OC1C2=CC3C=Cc4cccc5ccc(c3c45)C2C2OC2C1O. The zero-order valence-electron chi connectivity index (χ0n) is 12.4. The molecule has 0 aromatic heterocycles. The van der Waals surface area contributed by atoms with Gasteiger partial charge in [-0.3, -0.25) is 0 Å². The van der Waals surface area contributed by atoms with Gasteiger partial charge in [0.1, 0.15) is 18.3 Å². The number of aliphatic hydroxyl groups is 2. The number of hydrogen-bond acceptors (Lipinski definition) is 3. The summed E-state index contributed by atoms with van der Waals surface area (Å²) in [6.07, 6.45) is 4.68. The first-order valence-electron chi connectivity index (χ1n) is 8.21. The molecular formula is C20H16O3. The fourth-order valence-corrected chi connectivity index (χ4v) is 4.86. The van der Waals surface area contributed by atoms with Crippen LogP contribution in [0.25, 0.3) is 16.8 Å². The van der Waals surface area contributed by atoms with E-state index in [4.69, 9.17) is 4.74 Å². The smallest absolute Gasteiger partial charge is 0.114 e. The zero-order chi connectivity index (χ0) is 15.3. The topological polar surface area (TPSA) is 53.0 Å². The molecule has 2 aromatic rings. The highest BCUT2D eigenvalue weighted by Crippen LogP contribution is 2.55. The van der Waals surface area contributed by atoms with Crippen LogP contribution in [0.3, 0.4) is 0 Å². The van der Waals surface area contributed by atoms with Crippen LogP contribution < -0.4 is 0 Å². The summed E-state index contributed by atoms with van der Waals surface area (Å²) in [5.74, 6) is 0.251. The first-order chi connectivity index (χ1) is 11.2. The number of allylic oxidation sites excluding steroid dienone is 2. The van der Waals surface area contributed by atoms with Crippen LogP contribution in [-0.4, -0.2) is 34.6 Å². The highest BCUT2D eigenvalue weighted by atomic mass is 16.6. The monoisotopic (exact) mass is 304 g/mol. The fraction of sp³-hybridized carbons (Fsp3) is 0.300. The number of aliphatic hydroxyl groups excluding tert-OH is 2. The summed E-state index contributed by atoms with van der Waals surface area (Å²) in [4.78, 5) is 0. The summed E-state index contributed by atoms with van der Waals surface area (Å²) in [6.45, 7) is 0. The van der Waals surface area contributed by atoms with E-state index in [2.05, 4.69) is 48.6 Å². The average Bonchev–Trinajstić information content (AvgIpc) is 3.37. The van der Waals surface area contributed by atoms with Gasteiger partial charge in [0.2, 0.25) is 0 Å². The van der Waals surface area contributed by atoms with Crippen LogP contribution in [0.15, 0.2) is 48.1 Å². The molecule has 114 valence electrons. The molecule has 3 nitrogen and oxygen atoms in total. The first-order valence-corrected chi connectivity index (χ1v) is 8.21. The van der Waals surface area contributed by atoms with Crippen molar-refractivity contribution in [3.05, 3.63) is 64.7 Å². The molecule has 23 heavy (non-hydrogen) atoms. The van der Waals surface area contributed by atoms with Crippen LogP contribution in [0.4, 0.5) is 0 Å². The molecule has 6 unspecified atom stereocenters. The van der Waals surface area contributed by atoms with Crippen LogP contribution in [0.2, 0.25) is 0 Å². The van der Waals surface area contributed by atoms with Gasteiger partial charge in [-0.15, -0.1) is 0 Å². The Labute approximate surface area is 133 Å². The summed E-state index contributed by atoms with van der Waals surface area (Å²) < 4.78 is 5.71. The lowest BCUT2D eigenvalue weighted by Gasteiger charge is -2.38. The van der Waals surface area contributed by atoms with E-state index in [0.717, 1.165) is 5.57 Å². The maximum Gasteiger partial charge on any atom is 0.114 e. The zero-order valence-corrected chi connectivity index (χ0v) is 12.4. The van der Waals surface area contributed by atoms with E-state index in [1.54, 1.807) is 0 Å². The highest BCUT2D eigenvalue weighted by Gasteiger charge is 2.59. The Balaban J connectivity index is 1.67. The summed E-state index contributed by atoms with van der Waals surface area (Å²) in [5, 5.41) is 23.3. The molecule has 2 fully saturated rings. The maximum absolute atomic E-state index is 10.5. The number of rotatable bonds is 0. The fourth-order valence-electron chi connectivity index (χ4n) is 4.86. The van der Waals surface area contributed by atoms with Crippen molar-refractivity contribution < 1.29 is 14.9 Å². The summed E-state index contributed by atoms with van der Waals surface area (Å²) in [7, 11) is 0. The minimum absolute atomic E-state index is 0.00682. The Morgan fingerprint density at radius 3 is 2.83 bits per heavy atom. The lowest BCUT2D eigenvalue weighted by molar-refractivity contribution is 0.0175. The van der Waals surface area contributed by atoms with Crippen molar-refractivity contribution in [2.45, 2.75) is 36.3 Å². The third kappa shape index (κ3) is 1.41. The van der Waals surface area contributed by atoms with Gasteiger partial charge in [0.15, 0.2) is 0 Å². The van der Waals surface area contributed by atoms with Gasteiger partial charge in [-0.1, -0.05) is 48.6 Å². The lowest BCUT2D eigenvalue weighted by atomic mass is 9.67. The number of benzene rings is 2. The minimum atomic E-state index is -0.821. The minimum Gasteiger partial charge on any atom is -0.387 e. The van der Waals surface area contributed by atoms with Crippen LogP contribution in [0, 0.1) is 0 Å². The predicted octanol–water partition coefficient (Wildman–Crippen LogP) is 2.48. The molecule has 0 bridgehead atoms. The third-order valence-corrected chi connectivity index (χ3v) is 5.93. The quantitative estimate of drug-likeness (QED) is 0.581. The predicted molar refractivity (Wildman–Crippen MR) is 87.2 cm³/mol. The number of fused-ring (bicyclic) bond motifs is 4. The second-order valence-corrected chi connectivity index (χ2v) is 7.04. The van der Waals surface area contributed by atoms with Crippen molar-refractivity contribution in [3.8, 4) is 0 Å². The maximum atomic E-state index is 10.5. The average molecular weight is 304 g/mol. The molecule has 0 amide bonds. The van der Waals surface area contributed by atoms with E-state index < -0.39 is 12.2 Å². The Morgan fingerprint density at radius 2 is 1.91 bits per heavy atom. The van der Waals surface area contributed by atoms with E-state index in [1.165, 1.54) is 27.5 Å². The largest absolute Gasteiger partial charge is 0.387 e. The van der Waals surface area contributed by atoms with E-state index >= 15 is 0 Å². The van der Waals surface area contributed by atoms with Gasteiger partial charge in [-0.05, 0) is 33.0 Å². The van der Waals surface area contributed by atoms with Crippen LogP contribution in [-0.2, 0) is 4.74 Å². The van der Waals surface area contributed by atoms with E-state index in [-0.39, 0.29) is 24.0 Å². The van der Waals surface area contributed by atoms with Crippen LogP contribution in [0.5, 0.6) is 0 Å². The summed E-state index contributed by atoms with van der Waals surface area (Å²) in [6, 6.07) is 10.8. The molecule has 1 saturated carbocycles. The molecule has 6 atom stereocenters. The molecule has 3 heteroatoms. The van der Waals surface area contributed by atoms with Gasteiger partial charge in [0.05, 0.1) is 6.10 Å². The van der Waals surface area contributed by atoms with Crippen molar-refractivity contribution in [1.29, 1.82) is 0 Å². The number of hydrogen-bond donors (Lipinski definition) is 2. The molecule has 0 spiro atoms. The Hall–Kier alpha value is -1.94. The Bertz CT molecular complexity index is 926. The third-order valence-electron chi connectivity index (χ3n) is 5.93. The highest BCUT2D eigenvalue weighted by molar-refractivity contribution is 5.97. The number of epoxide rings is 1. The van der Waals surface area contributed by atoms with Gasteiger partial charge in [0, 0.05) is 11.8 Å². The van der Waals surface area contributed by atoms with Gasteiger partial charge in [-0.2, -0.15) is 0 Å². The molecule has 2 aromatic carbocycles. The van der Waals surface area contributed by atoms with Crippen molar-refractivity contribution in [2.75, 3.05) is 0 Å². The lowest BCUT2D eigenvalue weighted by Crippen LogP contribution is -2.43. The second-order valence-electron chi connectivity index (χ2n) is 7.04. The second kappa shape index (κ2) is 3.93. The molecule has 1 saturated heterocycles. The van der Waals surface area contributed by atoms with Crippen LogP contribution in [0.1, 0.15) is 28.5 Å². The molecule has 1 aliphatic heterocycles. The molecular weight excluding hydrogens is 288 g/mol. The van der Waals surface area contributed by atoms with Gasteiger partial charge in [0.25, 0.3) is 0 Å². The van der Waals surface area contributed by atoms with E-state index in [0.29, 0.717) is 0 Å². The van der Waals surface area contributed by atoms with Crippen molar-refractivity contribution in [3.63, 3.8) is 0 Å². The molecule has 3 aliphatic carbocycles. The molecule has 1 heterocycles. The van der Waals surface area contributed by atoms with E-state index in [9.17, 15) is 10.2 Å². The molecule has 2 N–H and O–H groups in total. The van der Waals surface area contributed by atoms with Gasteiger partial charge in [-0.25, -0.2) is 0 Å². The van der Waals surface area contributed by atoms with Crippen molar-refractivity contribution in [2.24, 2.45) is 0 Å².